The highest BCUT2D eigenvalue weighted by molar-refractivity contribution is 7.27. The maximum atomic E-state index is 2.84. The van der Waals surface area contributed by atoms with E-state index in [1.807, 2.05) is 22.7 Å². The van der Waals surface area contributed by atoms with Gasteiger partial charge in [-0.1, -0.05) is 170 Å². The van der Waals surface area contributed by atoms with E-state index in [1.165, 1.54) is 150 Å². The summed E-state index contributed by atoms with van der Waals surface area (Å²) in [4.78, 5) is 5.58. The topological polar surface area (TPSA) is 6.48 Å². The van der Waals surface area contributed by atoms with Crippen molar-refractivity contribution >= 4 is 98.5 Å². The maximum Gasteiger partial charge on any atom is 0.334 e. The lowest BCUT2D eigenvalue weighted by Crippen LogP contribution is -2.61. The van der Waals surface area contributed by atoms with Crippen LogP contribution in [0.15, 0.2) is 127 Å². The van der Waals surface area contributed by atoms with Crippen molar-refractivity contribution in [3.63, 3.8) is 0 Å². The van der Waals surface area contributed by atoms with Gasteiger partial charge in [0.1, 0.15) is 0 Å². The summed E-state index contributed by atoms with van der Waals surface area (Å²) in [5.41, 5.74) is 22.1. The fourth-order valence-corrected chi connectivity index (χ4v) is 16.1. The first-order chi connectivity index (χ1) is 34.4. The van der Waals surface area contributed by atoms with E-state index in [0.717, 1.165) is 0 Å². The molecule has 4 heterocycles. The summed E-state index contributed by atoms with van der Waals surface area (Å²) in [6.07, 6.45) is 4.72. The number of rotatable bonds is 3. The minimum Gasteiger partial charge on any atom is -0.376 e. The van der Waals surface area contributed by atoms with E-state index in [2.05, 4.69) is 234 Å². The number of anilines is 5. The minimum atomic E-state index is -0.105. The van der Waals surface area contributed by atoms with Crippen LogP contribution in [0, 0.1) is 0 Å². The van der Waals surface area contributed by atoms with Crippen molar-refractivity contribution in [1.29, 1.82) is 0 Å². The summed E-state index contributed by atoms with van der Waals surface area (Å²) in [5, 5.41) is 5.40. The second kappa shape index (κ2) is 15.5. The van der Waals surface area contributed by atoms with Crippen molar-refractivity contribution < 1.29 is 0 Å². The van der Waals surface area contributed by atoms with Gasteiger partial charge in [-0.3, -0.25) is 0 Å². The van der Waals surface area contributed by atoms with Gasteiger partial charge in [0, 0.05) is 58.6 Å². The number of nitrogens with zero attached hydrogens (tertiary/aromatic N) is 2. The third kappa shape index (κ3) is 6.99. The summed E-state index contributed by atoms with van der Waals surface area (Å²) >= 11 is 4.01. The number of benzene rings is 7. The van der Waals surface area contributed by atoms with E-state index in [0.29, 0.717) is 0 Å². The van der Waals surface area contributed by atoms with Gasteiger partial charge in [-0.25, -0.2) is 0 Å². The van der Waals surface area contributed by atoms with Crippen LogP contribution in [0.3, 0.4) is 0 Å². The van der Waals surface area contributed by atoms with Gasteiger partial charge in [0.05, 0.1) is 10.7 Å². The normalized spacial score (nSPS) is 18.1. The van der Waals surface area contributed by atoms with Gasteiger partial charge < -0.3 is 9.71 Å². The predicted octanol–water partition coefficient (Wildman–Crippen LogP) is 18.9. The molecule has 0 N–H and O–H groups in total. The lowest BCUT2D eigenvalue weighted by molar-refractivity contribution is 0.332. The van der Waals surface area contributed by atoms with E-state index >= 15 is 0 Å². The molecule has 9 aromatic rings. The molecule has 0 unspecified atom stereocenters. The van der Waals surface area contributed by atoms with Crippen LogP contribution in [0.1, 0.15) is 156 Å². The highest BCUT2D eigenvalue weighted by Crippen LogP contribution is 2.57. The van der Waals surface area contributed by atoms with Crippen molar-refractivity contribution in [2.24, 2.45) is 0 Å². The fourth-order valence-electron chi connectivity index (χ4n) is 13.5. The van der Waals surface area contributed by atoms with Gasteiger partial charge in [0.15, 0.2) is 0 Å². The van der Waals surface area contributed by atoms with E-state index in [4.69, 9.17) is 0 Å². The van der Waals surface area contributed by atoms with Crippen molar-refractivity contribution in [3.8, 4) is 22.3 Å². The fraction of sp³-hybridized carbons (Fsp3) is 0.353. The third-order valence-corrected chi connectivity index (χ3v) is 20.7. The molecule has 368 valence electrons. The molecule has 4 aliphatic rings. The first kappa shape index (κ1) is 47.1. The number of fused-ring (bicyclic) bond motifs is 12. The Morgan fingerprint density at radius 3 is 1.74 bits per heavy atom. The monoisotopic (exact) mass is 991 g/mol. The summed E-state index contributed by atoms with van der Waals surface area (Å²) < 4.78 is 4.11. The van der Waals surface area contributed by atoms with Crippen molar-refractivity contribution in [3.05, 3.63) is 161 Å². The lowest BCUT2D eigenvalue weighted by Gasteiger charge is -2.47. The van der Waals surface area contributed by atoms with Crippen LogP contribution in [0.4, 0.5) is 27.8 Å². The molecular weight excluding hydrogens is 920 g/mol. The Labute approximate surface area is 443 Å². The van der Waals surface area contributed by atoms with Gasteiger partial charge in [-0.05, 0) is 168 Å². The van der Waals surface area contributed by atoms with Crippen LogP contribution in [0.2, 0.25) is 0 Å². The molecule has 0 saturated heterocycles. The first-order valence-corrected chi connectivity index (χ1v) is 28.8. The average molecular weight is 991 g/mol. The Hall–Kier alpha value is -5.62. The molecule has 2 nitrogen and oxygen atoms in total. The largest absolute Gasteiger partial charge is 0.376 e. The van der Waals surface area contributed by atoms with Crippen molar-refractivity contribution in [2.75, 3.05) is 9.71 Å². The van der Waals surface area contributed by atoms with E-state index < -0.39 is 0 Å². The molecule has 0 bridgehead atoms. The van der Waals surface area contributed by atoms with Crippen LogP contribution in [-0.2, 0) is 32.5 Å². The third-order valence-electron chi connectivity index (χ3n) is 18.3. The lowest BCUT2D eigenvalue weighted by atomic mass is 9.43. The van der Waals surface area contributed by atoms with Gasteiger partial charge in [0.2, 0.25) is 0 Å². The quantitative estimate of drug-likeness (QED) is 0.163. The van der Waals surface area contributed by atoms with Crippen LogP contribution >= 0.6 is 22.7 Å². The van der Waals surface area contributed by atoms with Crippen LogP contribution < -0.4 is 20.6 Å². The highest BCUT2D eigenvalue weighted by Gasteiger charge is 2.50. The molecule has 2 aliphatic heterocycles. The molecule has 0 spiro atoms. The molecule has 5 heteroatoms. The average Bonchev–Trinajstić information content (AvgIpc) is 3.91. The van der Waals surface area contributed by atoms with Gasteiger partial charge in [-0.15, -0.1) is 22.7 Å². The predicted molar refractivity (Wildman–Crippen MR) is 322 cm³/mol. The van der Waals surface area contributed by atoms with Gasteiger partial charge >= 0.3 is 6.85 Å². The molecule has 0 amide bonds. The Kier molecular flexibility index (Phi) is 10.00. The summed E-state index contributed by atoms with van der Waals surface area (Å²) in [5.74, 6) is 0. The van der Waals surface area contributed by atoms with E-state index in [9.17, 15) is 0 Å². The molecule has 0 radical (unpaired) electrons. The molecule has 0 saturated carbocycles. The Morgan fingerprint density at radius 1 is 0.452 bits per heavy atom. The molecule has 0 atom stereocenters. The van der Waals surface area contributed by atoms with Crippen molar-refractivity contribution in [2.45, 2.75) is 155 Å². The molecule has 73 heavy (non-hydrogen) atoms. The van der Waals surface area contributed by atoms with Gasteiger partial charge in [0.25, 0.3) is 0 Å². The summed E-state index contributed by atoms with van der Waals surface area (Å²) in [6, 6.07) is 50.9. The molecule has 2 aliphatic carbocycles. The first-order valence-electron chi connectivity index (χ1n) is 27.1. The Morgan fingerprint density at radius 2 is 1.05 bits per heavy atom. The molecule has 13 rings (SSSR count). The van der Waals surface area contributed by atoms with Gasteiger partial charge in [-0.2, -0.15) is 0 Å². The molecule has 2 aromatic heterocycles. The second-order valence-corrected chi connectivity index (χ2v) is 29.2. The van der Waals surface area contributed by atoms with Crippen LogP contribution in [-0.4, -0.2) is 6.85 Å². The smallest absolute Gasteiger partial charge is 0.334 e. The maximum absolute atomic E-state index is 2.84. The Bertz CT molecular complexity index is 3790. The molecule has 0 fully saturated rings. The summed E-state index contributed by atoms with van der Waals surface area (Å²) in [7, 11) is 0. The second-order valence-electron chi connectivity index (χ2n) is 27.1. The van der Waals surface area contributed by atoms with E-state index in [1.54, 1.807) is 0 Å². The number of hydrogen-bond donors (Lipinski definition) is 0. The van der Waals surface area contributed by atoms with Crippen molar-refractivity contribution in [1.82, 2.24) is 0 Å². The zero-order valence-electron chi connectivity index (χ0n) is 45.7. The summed E-state index contributed by atoms with van der Waals surface area (Å²) in [6.45, 7) is 34.0. The standard InChI is InChI=1S/C68H71BN2S2/c1-63(2,3)41-25-29-53(46(34-41)40-20-16-15-17-21-40)70-55-38-47-44-22-18-19-23-56(44)72-61(47)58-45-27-24-42(64(4,5)6)35-54(45)71(43-26-28-49-50(36-43)66(9,10)31-30-65(49,7)8)69(60(55)58)59-48-37-51-52(39-57(48)73-62(59)70)68(13,14)33-32-67(51,11)12/h15-29,34-39H,30-33H2,1-14H3. The highest BCUT2D eigenvalue weighted by atomic mass is 32.1. The molecular formula is C68H71BN2S2. The number of thiophene rings is 2. The molecule has 7 aromatic carbocycles. The Balaban J connectivity index is 1.23. The zero-order valence-corrected chi connectivity index (χ0v) is 47.4. The zero-order chi connectivity index (χ0) is 51.1. The van der Waals surface area contributed by atoms with E-state index in [-0.39, 0.29) is 39.3 Å². The number of hydrogen-bond acceptors (Lipinski definition) is 4. The SMILES string of the molecule is CC(C)(C)c1ccc(N2c3cc4c(sc5ccccc54)c4c3B(c3c2sc2cc5c(cc32)C(C)(C)CCC5(C)C)N(c2ccc3c(c2)C(C)(C)CCC3(C)C)c2cc(C(C)(C)C)ccc2-4)c(-c2ccccc2)c1. The van der Waals surface area contributed by atoms with Crippen LogP contribution in [0.25, 0.3) is 52.5 Å². The minimum absolute atomic E-state index is 0.0288. The van der Waals surface area contributed by atoms with Crippen LogP contribution in [0.5, 0.6) is 0 Å².